The number of hydrogen-bond acceptors (Lipinski definition) is 3. The molecule has 0 aliphatic heterocycles. The summed E-state index contributed by atoms with van der Waals surface area (Å²) in [5.74, 6) is -0.491. The number of ether oxygens (including phenoxy) is 1. The molecule has 0 fully saturated rings. The van der Waals surface area contributed by atoms with Gasteiger partial charge in [-0.1, -0.05) is 77.3 Å². The first-order chi connectivity index (χ1) is 15.4. The molecule has 0 N–H and O–H groups in total. The van der Waals surface area contributed by atoms with Crippen LogP contribution in [0.2, 0.25) is 15.1 Å². The third-order valence-electron chi connectivity index (χ3n) is 4.19. The third-order valence-corrected chi connectivity index (χ3v) is 5.00. The van der Waals surface area contributed by atoms with Gasteiger partial charge in [-0.15, -0.1) is 0 Å². The van der Waals surface area contributed by atoms with E-state index in [0.717, 1.165) is 16.0 Å². The first-order valence-corrected chi connectivity index (χ1v) is 11.4. The van der Waals surface area contributed by atoms with Crippen molar-refractivity contribution in [2.24, 2.45) is 0 Å². The molecule has 0 saturated heterocycles. The SMILES string of the molecule is CC(C=Cc1ccc(Cl)cc1Cl)=CC(=O)N(CC=Cc1ccc(Cl)cc1)C(=O)OC(C)(C)C. The molecule has 2 aromatic rings. The van der Waals surface area contributed by atoms with Gasteiger partial charge in [0.05, 0.1) is 6.54 Å². The zero-order valence-electron chi connectivity index (χ0n) is 18.9. The van der Waals surface area contributed by atoms with Gasteiger partial charge >= 0.3 is 6.09 Å². The van der Waals surface area contributed by atoms with E-state index in [0.29, 0.717) is 20.6 Å². The molecule has 0 heterocycles. The molecule has 0 aliphatic rings. The lowest BCUT2D eigenvalue weighted by molar-refractivity contribution is -0.124. The maximum atomic E-state index is 12.9. The Labute approximate surface area is 210 Å². The number of hydrogen-bond donors (Lipinski definition) is 0. The monoisotopic (exact) mass is 505 g/mol. The van der Waals surface area contributed by atoms with Crippen molar-refractivity contribution in [2.75, 3.05) is 6.54 Å². The summed E-state index contributed by atoms with van der Waals surface area (Å²) in [5.41, 5.74) is 1.56. The largest absolute Gasteiger partial charge is 0.443 e. The Kier molecular flexibility index (Phi) is 9.78. The van der Waals surface area contributed by atoms with Crippen molar-refractivity contribution in [3.8, 4) is 0 Å². The van der Waals surface area contributed by atoms with Crippen LogP contribution in [0.5, 0.6) is 0 Å². The summed E-state index contributed by atoms with van der Waals surface area (Å²) in [5, 5.41) is 1.67. The molecular formula is C26H26Cl3NO3. The smallest absolute Gasteiger partial charge is 0.417 e. The average Bonchev–Trinajstić information content (AvgIpc) is 2.70. The van der Waals surface area contributed by atoms with Crippen LogP contribution in [0, 0.1) is 0 Å². The maximum absolute atomic E-state index is 12.9. The van der Waals surface area contributed by atoms with Gasteiger partial charge in [0.2, 0.25) is 0 Å². The standard InChI is InChI=1S/C26H26Cl3NO3/c1-18(7-10-20-11-14-22(28)17-23(20)29)16-24(31)30(25(32)33-26(2,3)4)15-5-6-19-8-12-21(27)13-9-19/h5-14,16-17H,15H2,1-4H3. The molecule has 0 saturated carbocycles. The quantitative estimate of drug-likeness (QED) is 0.294. The summed E-state index contributed by atoms with van der Waals surface area (Å²) in [6, 6.07) is 12.4. The summed E-state index contributed by atoms with van der Waals surface area (Å²) in [6.45, 7) is 7.05. The highest BCUT2D eigenvalue weighted by molar-refractivity contribution is 6.35. The van der Waals surface area contributed by atoms with E-state index in [9.17, 15) is 9.59 Å². The number of nitrogens with zero attached hydrogens (tertiary/aromatic N) is 1. The van der Waals surface area contributed by atoms with Crippen molar-refractivity contribution in [1.82, 2.24) is 4.90 Å². The Bertz CT molecular complexity index is 1080. The predicted octanol–water partition coefficient (Wildman–Crippen LogP) is 8.08. The predicted molar refractivity (Wildman–Crippen MR) is 138 cm³/mol. The van der Waals surface area contributed by atoms with Crippen LogP contribution in [0.3, 0.4) is 0 Å². The van der Waals surface area contributed by atoms with E-state index in [1.807, 2.05) is 12.1 Å². The van der Waals surface area contributed by atoms with Crippen molar-refractivity contribution in [3.63, 3.8) is 0 Å². The number of carbonyl (C=O) groups is 2. The zero-order valence-corrected chi connectivity index (χ0v) is 21.2. The number of carbonyl (C=O) groups excluding carboxylic acids is 2. The van der Waals surface area contributed by atoms with Crippen LogP contribution in [0.1, 0.15) is 38.8 Å². The maximum Gasteiger partial charge on any atom is 0.417 e. The average molecular weight is 507 g/mol. The summed E-state index contributed by atoms with van der Waals surface area (Å²) in [6.07, 6.45) is 7.69. The van der Waals surface area contributed by atoms with E-state index >= 15 is 0 Å². The minimum Gasteiger partial charge on any atom is -0.443 e. The van der Waals surface area contributed by atoms with Crippen LogP contribution < -0.4 is 0 Å². The van der Waals surface area contributed by atoms with Gasteiger partial charge in [-0.3, -0.25) is 4.79 Å². The van der Waals surface area contributed by atoms with E-state index in [2.05, 4.69) is 0 Å². The van der Waals surface area contributed by atoms with Crippen LogP contribution in [0.4, 0.5) is 4.79 Å². The second kappa shape index (κ2) is 12.1. The van der Waals surface area contributed by atoms with Gasteiger partial charge in [-0.2, -0.15) is 0 Å². The summed E-state index contributed by atoms with van der Waals surface area (Å²) < 4.78 is 5.41. The fourth-order valence-electron chi connectivity index (χ4n) is 2.62. The summed E-state index contributed by atoms with van der Waals surface area (Å²) in [4.78, 5) is 26.6. The molecule has 0 radical (unpaired) electrons. The van der Waals surface area contributed by atoms with Gasteiger partial charge in [0.15, 0.2) is 0 Å². The number of halogens is 3. The molecule has 2 rings (SSSR count). The van der Waals surface area contributed by atoms with Gasteiger partial charge in [0.1, 0.15) is 5.60 Å². The molecule has 33 heavy (non-hydrogen) atoms. The van der Waals surface area contributed by atoms with E-state index in [1.54, 1.807) is 82.3 Å². The molecule has 0 aromatic heterocycles. The molecule has 0 atom stereocenters. The molecule has 0 bridgehead atoms. The van der Waals surface area contributed by atoms with Crippen molar-refractivity contribution < 1.29 is 14.3 Å². The Hall–Kier alpha value is -2.53. The van der Waals surface area contributed by atoms with Gasteiger partial charge < -0.3 is 4.74 Å². The molecule has 0 aliphatic carbocycles. The van der Waals surface area contributed by atoms with Crippen LogP contribution in [0.25, 0.3) is 12.2 Å². The van der Waals surface area contributed by atoms with Gasteiger partial charge in [0, 0.05) is 21.1 Å². The van der Waals surface area contributed by atoms with Crippen molar-refractivity contribution in [2.45, 2.75) is 33.3 Å². The van der Waals surface area contributed by atoms with Crippen molar-refractivity contribution in [3.05, 3.63) is 92.5 Å². The Morgan fingerprint density at radius 1 is 0.970 bits per heavy atom. The number of allylic oxidation sites excluding steroid dienone is 2. The van der Waals surface area contributed by atoms with E-state index in [1.165, 1.54) is 6.08 Å². The van der Waals surface area contributed by atoms with E-state index in [4.69, 9.17) is 39.5 Å². The van der Waals surface area contributed by atoms with Gasteiger partial charge in [0.25, 0.3) is 5.91 Å². The second-order valence-corrected chi connectivity index (χ2v) is 9.55. The first-order valence-electron chi connectivity index (χ1n) is 10.2. The summed E-state index contributed by atoms with van der Waals surface area (Å²) in [7, 11) is 0. The second-order valence-electron chi connectivity index (χ2n) is 8.27. The Morgan fingerprint density at radius 3 is 2.21 bits per heavy atom. The number of imide groups is 1. The molecule has 0 unspecified atom stereocenters. The number of rotatable bonds is 6. The molecule has 174 valence electrons. The number of amides is 2. The highest BCUT2D eigenvalue weighted by atomic mass is 35.5. The molecule has 2 amide bonds. The van der Waals surface area contributed by atoms with Crippen LogP contribution >= 0.6 is 34.8 Å². The normalized spacial score (nSPS) is 12.4. The lowest BCUT2D eigenvalue weighted by Crippen LogP contribution is -2.40. The Morgan fingerprint density at radius 2 is 1.61 bits per heavy atom. The fraction of sp³-hybridized carbons (Fsp3) is 0.231. The molecule has 7 heteroatoms. The first kappa shape index (κ1) is 26.7. The summed E-state index contributed by atoms with van der Waals surface area (Å²) >= 11 is 18.0. The Balaban J connectivity index is 2.19. The molecule has 2 aromatic carbocycles. The highest BCUT2D eigenvalue weighted by Gasteiger charge is 2.25. The van der Waals surface area contributed by atoms with Gasteiger partial charge in [-0.25, -0.2) is 9.69 Å². The number of benzene rings is 2. The van der Waals surface area contributed by atoms with Crippen LogP contribution in [0.15, 0.2) is 66.3 Å². The minimum absolute atomic E-state index is 0.0485. The lowest BCUT2D eigenvalue weighted by Gasteiger charge is -2.25. The minimum atomic E-state index is -0.737. The van der Waals surface area contributed by atoms with Crippen LogP contribution in [-0.2, 0) is 9.53 Å². The third kappa shape index (κ3) is 9.47. The molecule has 4 nitrogen and oxygen atoms in total. The van der Waals surface area contributed by atoms with E-state index in [-0.39, 0.29) is 6.54 Å². The lowest BCUT2D eigenvalue weighted by atomic mass is 10.1. The topological polar surface area (TPSA) is 46.6 Å². The van der Waals surface area contributed by atoms with Crippen molar-refractivity contribution >= 4 is 59.0 Å². The molecular weight excluding hydrogens is 481 g/mol. The molecule has 0 spiro atoms. The fourth-order valence-corrected chi connectivity index (χ4v) is 3.22. The van der Waals surface area contributed by atoms with Gasteiger partial charge in [-0.05, 0) is 68.7 Å². The zero-order chi connectivity index (χ0) is 24.6. The van der Waals surface area contributed by atoms with Crippen molar-refractivity contribution in [1.29, 1.82) is 0 Å². The highest BCUT2D eigenvalue weighted by Crippen LogP contribution is 2.22. The van der Waals surface area contributed by atoms with E-state index < -0.39 is 17.6 Å². The van der Waals surface area contributed by atoms with Crippen LogP contribution in [-0.4, -0.2) is 29.0 Å².